The largest absolute Gasteiger partial charge is 0.396 e. The average molecular weight is 150 g/mol. The molecule has 0 radical (unpaired) electrons. The summed E-state index contributed by atoms with van der Waals surface area (Å²) < 4.78 is 4.53. The maximum Gasteiger partial charge on any atom is 0.163 e. The van der Waals surface area contributed by atoms with E-state index in [1.807, 2.05) is 0 Å². The van der Waals surface area contributed by atoms with Crippen LogP contribution in [0.1, 0.15) is 6.92 Å². The van der Waals surface area contributed by atoms with E-state index in [-0.39, 0.29) is 13.2 Å². The Labute approximate surface area is 60.1 Å². The van der Waals surface area contributed by atoms with Crippen LogP contribution < -0.4 is 0 Å². The van der Waals surface area contributed by atoms with Crippen molar-refractivity contribution in [3.05, 3.63) is 0 Å². The van der Waals surface area contributed by atoms with Gasteiger partial charge in [0.05, 0.1) is 18.6 Å². The van der Waals surface area contributed by atoms with Crippen molar-refractivity contribution in [3.8, 4) is 0 Å². The zero-order valence-corrected chi connectivity index (χ0v) is 6.24. The van der Waals surface area contributed by atoms with E-state index >= 15 is 0 Å². The van der Waals surface area contributed by atoms with E-state index in [9.17, 15) is 0 Å². The van der Waals surface area contributed by atoms with Crippen molar-refractivity contribution in [2.75, 3.05) is 20.3 Å². The molecule has 0 aliphatic carbocycles. The molecule has 0 aromatic rings. The zero-order valence-electron chi connectivity index (χ0n) is 6.24. The fourth-order valence-electron chi connectivity index (χ4n) is 0.491. The van der Waals surface area contributed by atoms with Gasteiger partial charge in [-0.2, -0.15) is 0 Å². The third-order valence-electron chi connectivity index (χ3n) is 1.54. The van der Waals surface area contributed by atoms with Gasteiger partial charge in [0.15, 0.2) is 6.29 Å². The van der Waals surface area contributed by atoms with Gasteiger partial charge in [0.2, 0.25) is 0 Å². The second kappa shape index (κ2) is 3.88. The first-order valence-electron chi connectivity index (χ1n) is 3.03. The maximum atomic E-state index is 9.03. The summed E-state index contributed by atoms with van der Waals surface area (Å²) in [5.74, 6) is 0. The third-order valence-corrected chi connectivity index (χ3v) is 1.54. The summed E-state index contributed by atoms with van der Waals surface area (Å²) in [4.78, 5) is 0. The van der Waals surface area contributed by atoms with Gasteiger partial charge in [0.25, 0.3) is 0 Å². The van der Waals surface area contributed by atoms with Crippen LogP contribution in [0.3, 0.4) is 0 Å². The van der Waals surface area contributed by atoms with Gasteiger partial charge < -0.3 is 20.1 Å². The highest BCUT2D eigenvalue weighted by molar-refractivity contribution is 4.74. The summed E-state index contributed by atoms with van der Waals surface area (Å²) in [6.45, 7) is 0.915. The first kappa shape index (κ1) is 9.84. The Morgan fingerprint density at radius 3 is 1.90 bits per heavy atom. The molecular weight excluding hydrogens is 136 g/mol. The lowest BCUT2D eigenvalue weighted by molar-refractivity contribution is -0.178. The Kier molecular flexibility index (Phi) is 3.81. The van der Waals surface area contributed by atoms with Gasteiger partial charge >= 0.3 is 0 Å². The Morgan fingerprint density at radius 2 is 1.80 bits per heavy atom. The number of aliphatic hydroxyl groups is 3. The average Bonchev–Trinajstić information content (AvgIpc) is 2.01. The lowest BCUT2D eigenvalue weighted by atomic mass is 9.92. The normalized spacial score (nSPS) is 15.3. The molecule has 0 aliphatic rings. The molecule has 3 N–H and O–H groups in total. The molecule has 0 aromatic carbocycles. The SMILES string of the molecule is COC(O)C(C)(CO)CO. The summed E-state index contributed by atoms with van der Waals surface area (Å²) in [5, 5.41) is 26.4. The molecule has 0 fully saturated rings. The van der Waals surface area contributed by atoms with Gasteiger partial charge in [0.1, 0.15) is 0 Å². The van der Waals surface area contributed by atoms with Crippen LogP contribution in [0, 0.1) is 5.41 Å². The molecule has 0 spiro atoms. The molecule has 0 aliphatic heterocycles. The van der Waals surface area contributed by atoms with Gasteiger partial charge in [-0.25, -0.2) is 0 Å². The van der Waals surface area contributed by atoms with Crippen LogP contribution in [0.25, 0.3) is 0 Å². The summed E-state index contributed by atoms with van der Waals surface area (Å²) in [6.07, 6.45) is -1.12. The maximum absolute atomic E-state index is 9.03. The van der Waals surface area contributed by atoms with Crippen molar-refractivity contribution in [1.82, 2.24) is 0 Å². The molecular formula is C6H14O4. The van der Waals surface area contributed by atoms with Crippen LogP contribution in [-0.4, -0.2) is 41.9 Å². The van der Waals surface area contributed by atoms with Crippen molar-refractivity contribution in [2.24, 2.45) is 5.41 Å². The molecule has 0 bridgehead atoms. The molecule has 10 heavy (non-hydrogen) atoms. The lowest BCUT2D eigenvalue weighted by Crippen LogP contribution is -2.40. The molecule has 0 heterocycles. The van der Waals surface area contributed by atoms with E-state index in [1.165, 1.54) is 14.0 Å². The minimum atomic E-state index is -1.12. The van der Waals surface area contributed by atoms with Crippen LogP contribution in [0.15, 0.2) is 0 Å². The highest BCUT2D eigenvalue weighted by Gasteiger charge is 2.31. The smallest absolute Gasteiger partial charge is 0.163 e. The van der Waals surface area contributed by atoms with Crippen molar-refractivity contribution in [1.29, 1.82) is 0 Å². The minimum absolute atomic E-state index is 0.307. The Bertz CT molecular complexity index is 89.7. The van der Waals surface area contributed by atoms with Crippen LogP contribution in [-0.2, 0) is 4.74 Å². The van der Waals surface area contributed by atoms with Gasteiger partial charge in [0, 0.05) is 7.11 Å². The van der Waals surface area contributed by atoms with E-state index in [0.29, 0.717) is 0 Å². The molecule has 0 amide bonds. The number of hydrogen-bond donors (Lipinski definition) is 3. The number of methoxy groups -OCH3 is 1. The fraction of sp³-hybridized carbons (Fsp3) is 1.00. The first-order chi connectivity index (χ1) is 4.60. The highest BCUT2D eigenvalue weighted by Crippen LogP contribution is 2.19. The molecule has 4 heteroatoms. The molecule has 4 nitrogen and oxygen atoms in total. The van der Waals surface area contributed by atoms with Crippen LogP contribution in [0.4, 0.5) is 0 Å². The number of rotatable bonds is 4. The van der Waals surface area contributed by atoms with E-state index in [1.54, 1.807) is 0 Å². The first-order valence-corrected chi connectivity index (χ1v) is 3.03. The van der Waals surface area contributed by atoms with Gasteiger partial charge in [-0.3, -0.25) is 0 Å². The third kappa shape index (κ3) is 1.91. The second-order valence-electron chi connectivity index (χ2n) is 2.56. The topological polar surface area (TPSA) is 69.9 Å². The van der Waals surface area contributed by atoms with Gasteiger partial charge in [-0.15, -0.1) is 0 Å². The highest BCUT2D eigenvalue weighted by atomic mass is 16.6. The van der Waals surface area contributed by atoms with E-state index in [4.69, 9.17) is 15.3 Å². The molecule has 0 aromatic heterocycles. The monoisotopic (exact) mass is 150 g/mol. The van der Waals surface area contributed by atoms with Crippen LogP contribution >= 0.6 is 0 Å². The van der Waals surface area contributed by atoms with Gasteiger partial charge in [-0.05, 0) is 0 Å². The van der Waals surface area contributed by atoms with Crippen molar-refractivity contribution < 1.29 is 20.1 Å². The summed E-state index contributed by atoms with van der Waals surface area (Å²) in [6, 6.07) is 0. The summed E-state index contributed by atoms with van der Waals surface area (Å²) in [5.41, 5.74) is -0.964. The lowest BCUT2D eigenvalue weighted by Gasteiger charge is -2.28. The number of hydrogen-bond acceptors (Lipinski definition) is 4. The van der Waals surface area contributed by atoms with Crippen LogP contribution in [0.5, 0.6) is 0 Å². The minimum Gasteiger partial charge on any atom is -0.396 e. The predicted octanol–water partition coefficient (Wildman–Crippen LogP) is -1.06. The molecule has 1 unspecified atom stereocenters. The molecule has 0 saturated heterocycles. The Hall–Kier alpha value is -0.160. The standard InChI is InChI=1S/C6H14O4/c1-6(3-7,4-8)5(9)10-2/h5,7-9H,3-4H2,1-2H3. The summed E-state index contributed by atoms with van der Waals surface area (Å²) >= 11 is 0. The second-order valence-corrected chi connectivity index (χ2v) is 2.56. The van der Waals surface area contributed by atoms with Crippen molar-refractivity contribution >= 4 is 0 Å². The summed E-state index contributed by atoms with van der Waals surface area (Å²) in [7, 11) is 1.31. The van der Waals surface area contributed by atoms with Crippen molar-refractivity contribution in [2.45, 2.75) is 13.2 Å². The zero-order chi connectivity index (χ0) is 8.20. The van der Waals surface area contributed by atoms with Gasteiger partial charge in [-0.1, -0.05) is 6.92 Å². The predicted molar refractivity (Wildman–Crippen MR) is 35.3 cm³/mol. The molecule has 62 valence electrons. The number of ether oxygens (including phenoxy) is 1. The quantitative estimate of drug-likeness (QED) is 0.447. The van der Waals surface area contributed by atoms with E-state index in [2.05, 4.69) is 4.74 Å². The Balaban J connectivity index is 4.02. The fourth-order valence-corrected chi connectivity index (χ4v) is 0.491. The molecule has 0 saturated carbocycles. The van der Waals surface area contributed by atoms with E-state index < -0.39 is 11.7 Å². The van der Waals surface area contributed by atoms with Crippen molar-refractivity contribution in [3.63, 3.8) is 0 Å². The Morgan fingerprint density at radius 1 is 1.40 bits per heavy atom. The number of aliphatic hydroxyl groups excluding tert-OH is 3. The van der Waals surface area contributed by atoms with E-state index in [0.717, 1.165) is 0 Å². The van der Waals surface area contributed by atoms with Crippen LogP contribution in [0.2, 0.25) is 0 Å². The molecule has 1 atom stereocenters. The molecule has 0 rings (SSSR count).